The lowest BCUT2D eigenvalue weighted by Crippen LogP contribution is -2.45. The molecule has 0 spiro atoms. The third kappa shape index (κ3) is 6.36. The van der Waals surface area contributed by atoms with E-state index in [-0.39, 0.29) is 11.8 Å². The molecule has 0 radical (unpaired) electrons. The molecule has 3 amide bonds. The number of methoxy groups -OCH3 is 1. The zero-order chi connectivity index (χ0) is 18.8. The zero-order valence-electron chi connectivity index (χ0n) is 14.9. The lowest BCUT2D eigenvalue weighted by atomic mass is 9.96. The molecule has 2 rings (SSSR count). The summed E-state index contributed by atoms with van der Waals surface area (Å²) >= 11 is 0. The van der Waals surface area contributed by atoms with E-state index in [2.05, 4.69) is 10.6 Å². The van der Waals surface area contributed by atoms with Crippen molar-refractivity contribution < 1.29 is 23.5 Å². The van der Waals surface area contributed by atoms with Crippen molar-refractivity contribution in [3.63, 3.8) is 0 Å². The SMILES string of the molecule is COCCNC(=O)C(=O)NCC1CCN(C(=O)/C=C/c2ccco2)CC1. The summed E-state index contributed by atoms with van der Waals surface area (Å²) in [6.07, 6.45) is 6.28. The molecule has 0 bridgehead atoms. The standard InChI is InChI=1S/C18H25N3O5/c1-25-12-8-19-17(23)18(24)20-13-14-6-9-21(10-7-14)16(22)5-4-15-3-2-11-26-15/h2-5,11,14H,6-10,12-13H2,1H3,(H,19,23)(H,20,24)/b5-4+. The number of hydrogen-bond acceptors (Lipinski definition) is 5. The van der Waals surface area contributed by atoms with Crippen molar-refractivity contribution >= 4 is 23.8 Å². The van der Waals surface area contributed by atoms with E-state index >= 15 is 0 Å². The van der Waals surface area contributed by atoms with Crippen molar-refractivity contribution in [2.45, 2.75) is 12.8 Å². The van der Waals surface area contributed by atoms with Crippen molar-refractivity contribution in [3.05, 3.63) is 30.2 Å². The second kappa shape index (κ2) is 10.4. The molecule has 1 fully saturated rings. The van der Waals surface area contributed by atoms with E-state index in [4.69, 9.17) is 9.15 Å². The van der Waals surface area contributed by atoms with Gasteiger partial charge < -0.3 is 24.7 Å². The zero-order valence-corrected chi connectivity index (χ0v) is 14.9. The van der Waals surface area contributed by atoms with E-state index in [0.717, 1.165) is 12.8 Å². The first-order valence-corrected chi connectivity index (χ1v) is 8.65. The van der Waals surface area contributed by atoms with Gasteiger partial charge in [0.2, 0.25) is 5.91 Å². The van der Waals surface area contributed by atoms with Crippen LogP contribution in [-0.2, 0) is 19.1 Å². The number of likely N-dealkylation sites (tertiary alicyclic amines) is 1. The van der Waals surface area contributed by atoms with Gasteiger partial charge >= 0.3 is 11.8 Å². The van der Waals surface area contributed by atoms with Crippen molar-refractivity contribution in [1.82, 2.24) is 15.5 Å². The van der Waals surface area contributed by atoms with E-state index < -0.39 is 11.8 Å². The number of amides is 3. The lowest BCUT2D eigenvalue weighted by Gasteiger charge is -2.31. The highest BCUT2D eigenvalue weighted by molar-refractivity contribution is 6.35. The first kappa shape index (κ1) is 19.7. The molecule has 1 saturated heterocycles. The largest absolute Gasteiger partial charge is 0.465 e. The third-order valence-electron chi connectivity index (χ3n) is 4.21. The van der Waals surface area contributed by atoms with Crippen LogP contribution in [0.5, 0.6) is 0 Å². The maximum atomic E-state index is 12.1. The van der Waals surface area contributed by atoms with Gasteiger partial charge in [-0.05, 0) is 37.0 Å². The minimum Gasteiger partial charge on any atom is -0.465 e. The number of nitrogens with zero attached hydrogens (tertiary/aromatic N) is 1. The highest BCUT2D eigenvalue weighted by atomic mass is 16.5. The van der Waals surface area contributed by atoms with E-state index in [1.165, 1.54) is 13.2 Å². The Morgan fingerprint density at radius 2 is 2.00 bits per heavy atom. The van der Waals surface area contributed by atoms with Gasteiger partial charge in [-0.2, -0.15) is 0 Å². The van der Waals surface area contributed by atoms with E-state index in [1.54, 1.807) is 29.4 Å². The summed E-state index contributed by atoms with van der Waals surface area (Å²) in [4.78, 5) is 37.2. The second-order valence-electron chi connectivity index (χ2n) is 6.08. The molecule has 1 aromatic rings. The predicted octanol–water partition coefficient (Wildman–Crippen LogP) is 0.410. The maximum Gasteiger partial charge on any atom is 0.309 e. The number of furan rings is 1. The van der Waals surface area contributed by atoms with Crippen LogP contribution >= 0.6 is 0 Å². The van der Waals surface area contributed by atoms with Gasteiger partial charge in [-0.25, -0.2) is 0 Å². The predicted molar refractivity (Wildman–Crippen MR) is 94.9 cm³/mol. The first-order chi connectivity index (χ1) is 12.6. The summed E-state index contributed by atoms with van der Waals surface area (Å²) in [5.41, 5.74) is 0. The Kier molecular flexibility index (Phi) is 7.88. The molecule has 0 saturated carbocycles. The Morgan fingerprint density at radius 3 is 2.65 bits per heavy atom. The van der Waals surface area contributed by atoms with Crippen LogP contribution in [0.1, 0.15) is 18.6 Å². The number of hydrogen-bond donors (Lipinski definition) is 2. The van der Waals surface area contributed by atoms with Gasteiger partial charge in [0, 0.05) is 39.4 Å². The first-order valence-electron chi connectivity index (χ1n) is 8.65. The van der Waals surface area contributed by atoms with Gasteiger partial charge in [0.25, 0.3) is 0 Å². The Morgan fingerprint density at radius 1 is 1.27 bits per heavy atom. The van der Waals surface area contributed by atoms with E-state index in [1.807, 2.05) is 0 Å². The van der Waals surface area contributed by atoms with Crippen LogP contribution in [0, 0.1) is 5.92 Å². The molecule has 0 aromatic carbocycles. The van der Waals surface area contributed by atoms with E-state index in [9.17, 15) is 14.4 Å². The number of rotatable bonds is 7. The van der Waals surface area contributed by atoms with Crippen LogP contribution in [0.4, 0.5) is 0 Å². The molecule has 2 N–H and O–H groups in total. The van der Waals surface area contributed by atoms with Crippen LogP contribution < -0.4 is 10.6 Å². The molecule has 0 atom stereocenters. The summed E-state index contributed by atoms with van der Waals surface area (Å²) in [7, 11) is 1.52. The summed E-state index contributed by atoms with van der Waals surface area (Å²) in [6.45, 7) is 2.35. The number of nitrogens with one attached hydrogen (secondary N) is 2. The van der Waals surface area contributed by atoms with Crippen LogP contribution in [-0.4, -0.2) is 62.5 Å². The summed E-state index contributed by atoms with van der Waals surface area (Å²) in [5.74, 6) is -0.455. The normalized spacial score (nSPS) is 15.2. The molecule has 1 aliphatic rings. The molecular formula is C18H25N3O5. The Hall–Kier alpha value is -2.61. The van der Waals surface area contributed by atoms with Gasteiger partial charge in [-0.15, -0.1) is 0 Å². The maximum absolute atomic E-state index is 12.1. The Balaban J connectivity index is 1.65. The molecule has 0 unspecified atom stereocenters. The minimum absolute atomic E-state index is 0.0543. The Bertz CT molecular complexity index is 619. The van der Waals surface area contributed by atoms with Gasteiger partial charge in [-0.3, -0.25) is 14.4 Å². The molecule has 1 aliphatic heterocycles. The monoisotopic (exact) mass is 363 g/mol. The van der Waals surface area contributed by atoms with Gasteiger partial charge in [-0.1, -0.05) is 0 Å². The number of carbonyl (C=O) groups is 3. The Labute approximate surface area is 152 Å². The smallest absolute Gasteiger partial charge is 0.309 e. The summed E-state index contributed by atoms with van der Waals surface area (Å²) in [6, 6.07) is 3.55. The lowest BCUT2D eigenvalue weighted by molar-refractivity contribution is -0.139. The molecule has 8 heteroatoms. The van der Waals surface area contributed by atoms with E-state index in [0.29, 0.717) is 38.5 Å². The van der Waals surface area contributed by atoms with Crippen LogP contribution in [0.2, 0.25) is 0 Å². The quantitative estimate of drug-likeness (QED) is 0.415. The number of ether oxygens (including phenoxy) is 1. The fourth-order valence-corrected chi connectivity index (χ4v) is 2.67. The second-order valence-corrected chi connectivity index (χ2v) is 6.08. The van der Waals surface area contributed by atoms with Crippen molar-refractivity contribution in [2.75, 3.05) is 39.9 Å². The van der Waals surface area contributed by atoms with Gasteiger partial charge in [0.15, 0.2) is 0 Å². The van der Waals surface area contributed by atoms with Gasteiger partial charge in [0.05, 0.1) is 12.9 Å². The molecule has 8 nitrogen and oxygen atoms in total. The fourth-order valence-electron chi connectivity index (χ4n) is 2.67. The molecule has 142 valence electrons. The molecule has 0 aliphatic carbocycles. The summed E-state index contributed by atoms with van der Waals surface area (Å²) < 4.78 is 9.96. The van der Waals surface area contributed by atoms with Crippen LogP contribution in [0.25, 0.3) is 6.08 Å². The summed E-state index contributed by atoms with van der Waals surface area (Å²) in [5, 5.41) is 5.12. The average Bonchev–Trinajstić information content (AvgIpc) is 3.18. The molecule has 2 heterocycles. The van der Waals surface area contributed by atoms with Gasteiger partial charge in [0.1, 0.15) is 5.76 Å². The van der Waals surface area contributed by atoms with Crippen molar-refractivity contribution in [1.29, 1.82) is 0 Å². The average molecular weight is 363 g/mol. The highest BCUT2D eigenvalue weighted by Gasteiger charge is 2.23. The highest BCUT2D eigenvalue weighted by Crippen LogP contribution is 2.17. The van der Waals surface area contributed by atoms with Crippen molar-refractivity contribution in [2.24, 2.45) is 5.92 Å². The fraction of sp³-hybridized carbons (Fsp3) is 0.500. The van der Waals surface area contributed by atoms with Crippen LogP contribution in [0.3, 0.4) is 0 Å². The third-order valence-corrected chi connectivity index (χ3v) is 4.21. The minimum atomic E-state index is -0.655. The molecule has 1 aromatic heterocycles. The molecule has 26 heavy (non-hydrogen) atoms. The molecular weight excluding hydrogens is 338 g/mol. The number of carbonyl (C=O) groups excluding carboxylic acids is 3. The topological polar surface area (TPSA) is 101 Å². The van der Waals surface area contributed by atoms with Crippen molar-refractivity contribution in [3.8, 4) is 0 Å². The number of piperidine rings is 1. The van der Waals surface area contributed by atoms with Crippen LogP contribution in [0.15, 0.2) is 28.9 Å².